The Bertz CT molecular complexity index is 948. The minimum absolute atomic E-state index is 0.206. The molecule has 2 aromatic rings. The lowest BCUT2D eigenvalue weighted by molar-refractivity contribution is 0.404. The first-order valence-electron chi connectivity index (χ1n) is 7.62. The lowest BCUT2D eigenvalue weighted by Gasteiger charge is -2.23. The van der Waals surface area contributed by atoms with Gasteiger partial charge in [0, 0.05) is 24.8 Å². The van der Waals surface area contributed by atoms with Gasteiger partial charge in [0.25, 0.3) is 0 Å². The van der Waals surface area contributed by atoms with Crippen LogP contribution in [0.2, 0.25) is 0 Å². The number of hydrogen-bond donors (Lipinski definition) is 0. The van der Waals surface area contributed by atoms with Crippen molar-refractivity contribution in [3.63, 3.8) is 0 Å². The summed E-state index contributed by atoms with van der Waals surface area (Å²) in [5.41, 5.74) is 1.51. The molecule has 25 heavy (non-hydrogen) atoms. The number of nitrogens with zero attached hydrogens (tertiary/aromatic N) is 1. The van der Waals surface area contributed by atoms with Crippen LogP contribution in [0.4, 0.5) is 0 Å². The van der Waals surface area contributed by atoms with Gasteiger partial charge in [-0.1, -0.05) is 42.5 Å². The van der Waals surface area contributed by atoms with Crippen LogP contribution in [0.5, 0.6) is 0 Å². The van der Waals surface area contributed by atoms with E-state index in [1.165, 1.54) is 28.9 Å². The molecule has 2 aromatic carbocycles. The summed E-state index contributed by atoms with van der Waals surface area (Å²) in [5.74, 6) is 0. The second-order valence-electron chi connectivity index (χ2n) is 5.79. The van der Waals surface area contributed by atoms with Crippen molar-refractivity contribution in [2.24, 2.45) is 0 Å². The van der Waals surface area contributed by atoms with E-state index in [1.54, 1.807) is 25.1 Å². The summed E-state index contributed by atoms with van der Waals surface area (Å²) in [6, 6.07) is 15.0. The smallest absolute Gasteiger partial charge is 0.224 e. The average Bonchev–Trinajstić information content (AvgIpc) is 2.59. The molecule has 0 fully saturated rings. The topological polar surface area (TPSA) is 71.5 Å². The molecule has 0 amide bonds. The molecule has 0 bridgehead atoms. The molecule has 0 radical (unpaired) electrons. The Kier molecular flexibility index (Phi) is 5.82. The lowest BCUT2D eigenvalue weighted by Crippen LogP contribution is -2.28. The highest BCUT2D eigenvalue weighted by Gasteiger charge is 2.22. The molecule has 0 spiro atoms. The van der Waals surface area contributed by atoms with E-state index in [0.717, 1.165) is 11.8 Å². The van der Waals surface area contributed by atoms with E-state index in [2.05, 4.69) is 0 Å². The third-order valence-corrected chi connectivity index (χ3v) is 6.70. The number of benzene rings is 2. The van der Waals surface area contributed by atoms with Crippen LogP contribution in [-0.2, 0) is 19.9 Å². The molecule has 1 atom stereocenters. The SMILES string of the molecule is CC(c1ccc(S(C)(=O)=O)cc1)N(C)S(=O)(=O)/C=C/c1ccccc1. The standard InChI is InChI=1S/C18H21NO4S2/c1-15(17-9-11-18(12-10-17)24(3,20)21)19(2)25(22,23)14-13-16-7-5-4-6-8-16/h4-15H,1-3H3/b14-13+. The van der Waals surface area contributed by atoms with Crippen LogP contribution >= 0.6 is 0 Å². The maximum atomic E-state index is 12.5. The molecular formula is C18H21NO4S2. The van der Waals surface area contributed by atoms with Gasteiger partial charge in [-0.25, -0.2) is 16.8 Å². The molecule has 1 unspecified atom stereocenters. The Balaban J connectivity index is 2.20. The van der Waals surface area contributed by atoms with Gasteiger partial charge in [-0.3, -0.25) is 0 Å². The molecule has 0 heterocycles. The zero-order chi connectivity index (χ0) is 18.7. The van der Waals surface area contributed by atoms with E-state index in [9.17, 15) is 16.8 Å². The number of sulfone groups is 1. The van der Waals surface area contributed by atoms with Gasteiger partial charge < -0.3 is 0 Å². The summed E-state index contributed by atoms with van der Waals surface area (Å²) in [5, 5.41) is 1.17. The van der Waals surface area contributed by atoms with Gasteiger partial charge in [0.2, 0.25) is 10.0 Å². The summed E-state index contributed by atoms with van der Waals surface area (Å²) >= 11 is 0. The van der Waals surface area contributed by atoms with Crippen molar-refractivity contribution < 1.29 is 16.8 Å². The number of hydrogen-bond acceptors (Lipinski definition) is 4. The quantitative estimate of drug-likeness (QED) is 0.773. The summed E-state index contributed by atoms with van der Waals surface area (Å²) in [4.78, 5) is 0.206. The Hall–Kier alpha value is -1.96. The normalized spacial score (nSPS) is 14.1. The molecule has 134 valence electrons. The molecule has 0 aromatic heterocycles. The van der Waals surface area contributed by atoms with Crippen molar-refractivity contribution in [1.29, 1.82) is 0 Å². The van der Waals surface area contributed by atoms with Crippen molar-refractivity contribution in [2.45, 2.75) is 17.9 Å². The van der Waals surface area contributed by atoms with Gasteiger partial charge in [0.15, 0.2) is 9.84 Å². The highest BCUT2D eigenvalue weighted by molar-refractivity contribution is 7.92. The Labute approximate surface area is 149 Å². The molecule has 0 N–H and O–H groups in total. The van der Waals surface area contributed by atoms with Crippen molar-refractivity contribution in [1.82, 2.24) is 4.31 Å². The minimum Gasteiger partial charge on any atom is -0.224 e. The van der Waals surface area contributed by atoms with E-state index in [0.29, 0.717) is 5.56 Å². The first kappa shape index (κ1) is 19.4. The van der Waals surface area contributed by atoms with E-state index in [1.807, 2.05) is 30.3 Å². The van der Waals surface area contributed by atoms with Crippen molar-refractivity contribution >= 4 is 25.9 Å². The zero-order valence-electron chi connectivity index (χ0n) is 14.3. The summed E-state index contributed by atoms with van der Waals surface area (Å²) < 4.78 is 49.3. The largest absolute Gasteiger partial charge is 0.236 e. The second-order valence-corrected chi connectivity index (χ2v) is 9.69. The molecule has 7 heteroatoms. The van der Waals surface area contributed by atoms with Crippen LogP contribution < -0.4 is 0 Å². The number of sulfonamides is 1. The number of rotatable bonds is 6. The second kappa shape index (κ2) is 7.51. The average molecular weight is 380 g/mol. The van der Waals surface area contributed by atoms with Gasteiger partial charge in [0.05, 0.1) is 4.90 Å². The molecule has 0 aliphatic heterocycles. The van der Waals surface area contributed by atoms with Crippen molar-refractivity contribution in [3.8, 4) is 0 Å². The zero-order valence-corrected chi connectivity index (χ0v) is 16.0. The fourth-order valence-corrected chi connectivity index (χ4v) is 3.96. The van der Waals surface area contributed by atoms with E-state index >= 15 is 0 Å². The highest BCUT2D eigenvalue weighted by atomic mass is 32.2. The summed E-state index contributed by atoms with van der Waals surface area (Å²) in [6.45, 7) is 1.75. The van der Waals surface area contributed by atoms with Crippen LogP contribution in [0.1, 0.15) is 24.1 Å². The molecular weight excluding hydrogens is 358 g/mol. The molecule has 0 saturated carbocycles. The van der Waals surface area contributed by atoms with Crippen LogP contribution in [0, 0.1) is 0 Å². The van der Waals surface area contributed by atoms with Crippen LogP contribution in [0.3, 0.4) is 0 Å². The van der Waals surface area contributed by atoms with Crippen LogP contribution in [0.15, 0.2) is 64.9 Å². The van der Waals surface area contributed by atoms with Crippen molar-refractivity contribution in [2.75, 3.05) is 13.3 Å². The Morgan fingerprint density at radius 2 is 1.48 bits per heavy atom. The Morgan fingerprint density at radius 3 is 2.00 bits per heavy atom. The third-order valence-electron chi connectivity index (χ3n) is 3.97. The minimum atomic E-state index is -3.61. The highest BCUT2D eigenvalue weighted by Crippen LogP contribution is 2.24. The van der Waals surface area contributed by atoms with Gasteiger partial charge in [-0.2, -0.15) is 4.31 Å². The van der Waals surface area contributed by atoms with Gasteiger partial charge in [-0.05, 0) is 36.3 Å². The van der Waals surface area contributed by atoms with E-state index in [-0.39, 0.29) is 4.90 Å². The first-order valence-corrected chi connectivity index (χ1v) is 11.0. The molecule has 0 aliphatic rings. The van der Waals surface area contributed by atoms with E-state index in [4.69, 9.17) is 0 Å². The van der Waals surface area contributed by atoms with Gasteiger partial charge in [0.1, 0.15) is 0 Å². The maximum absolute atomic E-state index is 12.5. The monoisotopic (exact) mass is 379 g/mol. The van der Waals surface area contributed by atoms with Gasteiger partial charge in [-0.15, -0.1) is 0 Å². The molecule has 2 rings (SSSR count). The predicted octanol–water partition coefficient (Wildman–Crippen LogP) is 3.08. The summed E-state index contributed by atoms with van der Waals surface area (Å²) in [7, 11) is -5.39. The van der Waals surface area contributed by atoms with Crippen LogP contribution in [-0.4, -0.2) is 34.4 Å². The molecule has 0 saturated heterocycles. The first-order chi connectivity index (χ1) is 11.6. The molecule has 0 aliphatic carbocycles. The van der Waals surface area contributed by atoms with Crippen LogP contribution in [0.25, 0.3) is 6.08 Å². The fourth-order valence-electron chi connectivity index (χ4n) is 2.25. The molecule has 5 nitrogen and oxygen atoms in total. The Morgan fingerprint density at radius 1 is 0.920 bits per heavy atom. The summed E-state index contributed by atoms with van der Waals surface area (Å²) in [6.07, 6.45) is 2.68. The van der Waals surface area contributed by atoms with Crippen molar-refractivity contribution in [3.05, 3.63) is 71.1 Å². The van der Waals surface area contributed by atoms with E-state index < -0.39 is 25.9 Å². The maximum Gasteiger partial charge on any atom is 0.236 e. The predicted molar refractivity (Wildman–Crippen MR) is 100 cm³/mol. The lowest BCUT2D eigenvalue weighted by atomic mass is 10.1. The third kappa shape index (κ3) is 5.01. The fraction of sp³-hybridized carbons (Fsp3) is 0.222. The van der Waals surface area contributed by atoms with Gasteiger partial charge >= 0.3 is 0 Å².